The van der Waals surface area contributed by atoms with Crippen molar-refractivity contribution in [2.24, 2.45) is 0 Å². The minimum absolute atomic E-state index is 0.0349. The van der Waals surface area contributed by atoms with Gasteiger partial charge >= 0.3 is 6.18 Å². The number of hydrogen-bond acceptors (Lipinski definition) is 6. The molecule has 3 heterocycles. The maximum absolute atomic E-state index is 13.5. The second-order valence-corrected chi connectivity index (χ2v) is 9.45. The van der Waals surface area contributed by atoms with Crippen LogP contribution in [0.25, 0.3) is 11.0 Å². The number of likely N-dealkylation sites (tertiary alicyclic amines) is 1. The van der Waals surface area contributed by atoms with Crippen molar-refractivity contribution in [1.82, 2.24) is 14.5 Å². The highest BCUT2D eigenvalue weighted by atomic mass is 19.4. The fourth-order valence-corrected chi connectivity index (χ4v) is 5.45. The van der Waals surface area contributed by atoms with Crippen molar-refractivity contribution in [2.45, 2.75) is 44.0 Å². The van der Waals surface area contributed by atoms with Crippen LogP contribution in [0.5, 0.6) is 17.2 Å². The van der Waals surface area contributed by atoms with Gasteiger partial charge in [-0.25, -0.2) is 4.98 Å². The van der Waals surface area contributed by atoms with E-state index >= 15 is 0 Å². The molecule has 1 aromatic heterocycles. The third-order valence-electron chi connectivity index (χ3n) is 7.31. The first-order valence-corrected chi connectivity index (χ1v) is 12.6. The Kier molecular flexibility index (Phi) is 7.13. The normalized spacial score (nSPS) is 18.7. The second-order valence-electron chi connectivity index (χ2n) is 9.45. The Labute approximate surface area is 218 Å². The van der Waals surface area contributed by atoms with Crippen LogP contribution in [0.3, 0.4) is 0 Å². The summed E-state index contributed by atoms with van der Waals surface area (Å²) in [6, 6.07) is 6.99. The summed E-state index contributed by atoms with van der Waals surface area (Å²) in [6.07, 6.45) is -1.82. The molecule has 3 aromatic rings. The molecule has 38 heavy (non-hydrogen) atoms. The molecule has 204 valence electrons. The van der Waals surface area contributed by atoms with Crippen molar-refractivity contribution in [2.75, 3.05) is 41.0 Å². The number of methoxy groups -OCH3 is 3. The first-order chi connectivity index (χ1) is 18.3. The number of halogens is 3. The van der Waals surface area contributed by atoms with Gasteiger partial charge in [-0.1, -0.05) is 0 Å². The monoisotopic (exact) mass is 533 g/mol. The number of fused-ring (bicyclic) bond motifs is 1. The number of carbonyl (C=O) groups is 1. The Morgan fingerprint density at radius 1 is 1.00 bits per heavy atom. The van der Waals surface area contributed by atoms with Crippen LogP contribution in [-0.4, -0.2) is 61.4 Å². The lowest BCUT2D eigenvalue weighted by atomic mass is 10.0. The second kappa shape index (κ2) is 10.4. The molecule has 2 aromatic carbocycles. The summed E-state index contributed by atoms with van der Waals surface area (Å²) >= 11 is 0. The number of carbonyl (C=O) groups excluding carboxylic acids is 1. The number of alkyl halides is 3. The largest absolute Gasteiger partial charge is 0.493 e. The van der Waals surface area contributed by atoms with Crippen molar-refractivity contribution < 1.29 is 36.9 Å². The highest BCUT2D eigenvalue weighted by Gasteiger charge is 2.35. The third-order valence-corrected chi connectivity index (χ3v) is 7.31. The van der Waals surface area contributed by atoms with Gasteiger partial charge in [-0.05, 0) is 56.0 Å². The van der Waals surface area contributed by atoms with Gasteiger partial charge in [0.2, 0.25) is 5.75 Å². The standard InChI is InChI=1S/C27H30F3N3O5/c1-35-21-9-7-18(23(36-2)24(21)37-3)26(34)32-12-10-17(11-13-32)33-20-8-6-16(27(28,29)30)15-19(20)31-25(33)22-5-4-14-38-22/h6-9,15,17,22H,4-5,10-14H2,1-3H3. The Morgan fingerprint density at radius 2 is 1.74 bits per heavy atom. The lowest BCUT2D eigenvalue weighted by Gasteiger charge is -2.34. The topological polar surface area (TPSA) is 75.1 Å². The van der Waals surface area contributed by atoms with Gasteiger partial charge in [0.15, 0.2) is 11.5 Å². The number of amides is 1. The lowest BCUT2D eigenvalue weighted by molar-refractivity contribution is -0.137. The van der Waals surface area contributed by atoms with Crippen molar-refractivity contribution in [3.05, 3.63) is 47.3 Å². The predicted octanol–water partition coefficient (Wildman–Crippen LogP) is 5.41. The molecule has 1 amide bonds. The van der Waals surface area contributed by atoms with Crippen LogP contribution in [0.15, 0.2) is 30.3 Å². The fraction of sp³-hybridized carbons (Fsp3) is 0.481. The average molecular weight is 534 g/mol. The van der Waals surface area contributed by atoms with Gasteiger partial charge in [0.25, 0.3) is 5.91 Å². The van der Waals surface area contributed by atoms with Crippen molar-refractivity contribution in [1.29, 1.82) is 0 Å². The molecule has 2 saturated heterocycles. The number of benzene rings is 2. The SMILES string of the molecule is COc1ccc(C(=O)N2CCC(n3c(C4CCCO4)nc4cc(C(F)(F)F)ccc43)CC2)c(OC)c1OC. The summed E-state index contributed by atoms with van der Waals surface area (Å²) in [6.45, 7) is 1.53. The molecule has 2 fully saturated rings. The van der Waals surface area contributed by atoms with Crippen molar-refractivity contribution in [3.8, 4) is 17.2 Å². The zero-order valence-corrected chi connectivity index (χ0v) is 21.5. The van der Waals surface area contributed by atoms with Gasteiger partial charge in [0.05, 0.1) is 43.5 Å². The first-order valence-electron chi connectivity index (χ1n) is 12.6. The minimum atomic E-state index is -4.45. The third kappa shape index (κ3) is 4.63. The van der Waals surface area contributed by atoms with Crippen LogP contribution in [0, 0.1) is 0 Å². The van der Waals surface area contributed by atoms with E-state index in [9.17, 15) is 18.0 Å². The summed E-state index contributed by atoms with van der Waals surface area (Å²) in [4.78, 5) is 19.8. The van der Waals surface area contributed by atoms with Gasteiger partial charge in [-0.3, -0.25) is 4.79 Å². The quantitative estimate of drug-likeness (QED) is 0.422. The lowest BCUT2D eigenvalue weighted by Crippen LogP contribution is -2.39. The number of piperidine rings is 1. The van der Waals surface area contributed by atoms with Crippen molar-refractivity contribution in [3.63, 3.8) is 0 Å². The highest BCUT2D eigenvalue weighted by molar-refractivity contribution is 5.98. The van der Waals surface area contributed by atoms with Gasteiger partial charge in [0, 0.05) is 25.7 Å². The number of imidazole rings is 1. The number of hydrogen-bond donors (Lipinski definition) is 0. The van der Waals surface area contributed by atoms with E-state index in [0.29, 0.717) is 72.2 Å². The highest BCUT2D eigenvalue weighted by Crippen LogP contribution is 2.41. The zero-order valence-electron chi connectivity index (χ0n) is 21.5. The molecule has 5 rings (SSSR count). The van der Waals surface area contributed by atoms with Gasteiger partial charge < -0.3 is 28.4 Å². The Morgan fingerprint density at radius 3 is 2.34 bits per heavy atom. The summed E-state index contributed by atoms with van der Waals surface area (Å²) in [5, 5.41) is 0. The molecule has 11 heteroatoms. The molecule has 8 nitrogen and oxygen atoms in total. The molecule has 2 aliphatic heterocycles. The van der Waals surface area contributed by atoms with E-state index in [1.54, 1.807) is 17.0 Å². The van der Waals surface area contributed by atoms with E-state index in [0.717, 1.165) is 25.0 Å². The predicted molar refractivity (Wildman–Crippen MR) is 133 cm³/mol. The van der Waals surface area contributed by atoms with Crippen LogP contribution in [0.1, 0.15) is 59.6 Å². The summed E-state index contributed by atoms with van der Waals surface area (Å²) in [5.74, 6) is 1.58. The van der Waals surface area contributed by atoms with E-state index in [4.69, 9.17) is 18.9 Å². The number of ether oxygens (including phenoxy) is 4. The molecule has 0 bridgehead atoms. The van der Waals surface area contributed by atoms with Crippen LogP contribution in [-0.2, 0) is 10.9 Å². The molecule has 2 aliphatic rings. The van der Waals surface area contributed by atoms with Crippen LogP contribution < -0.4 is 14.2 Å². The molecule has 1 unspecified atom stereocenters. The maximum Gasteiger partial charge on any atom is 0.416 e. The Bertz CT molecular complexity index is 1330. The van der Waals surface area contributed by atoms with E-state index in [1.807, 2.05) is 4.57 Å². The van der Waals surface area contributed by atoms with Crippen LogP contribution in [0.2, 0.25) is 0 Å². The van der Waals surface area contributed by atoms with Gasteiger partial charge in [-0.2, -0.15) is 13.2 Å². The van der Waals surface area contributed by atoms with Crippen LogP contribution >= 0.6 is 0 Å². The molecular formula is C27H30F3N3O5. The Balaban J connectivity index is 1.42. The van der Waals surface area contributed by atoms with E-state index < -0.39 is 11.7 Å². The molecule has 1 atom stereocenters. The van der Waals surface area contributed by atoms with E-state index in [-0.39, 0.29) is 18.1 Å². The molecule has 0 aliphatic carbocycles. The zero-order chi connectivity index (χ0) is 27.0. The van der Waals surface area contributed by atoms with Crippen LogP contribution in [0.4, 0.5) is 13.2 Å². The summed E-state index contributed by atoms with van der Waals surface area (Å²) in [5.41, 5.74) is 0.600. The van der Waals surface area contributed by atoms with Gasteiger partial charge in [0.1, 0.15) is 11.9 Å². The molecule has 0 radical (unpaired) electrons. The first kappa shape index (κ1) is 26.1. The minimum Gasteiger partial charge on any atom is -0.493 e. The maximum atomic E-state index is 13.5. The average Bonchev–Trinajstić information content (AvgIpc) is 3.59. The van der Waals surface area contributed by atoms with Crippen molar-refractivity contribution >= 4 is 16.9 Å². The number of nitrogens with zero attached hydrogens (tertiary/aromatic N) is 3. The Hall–Kier alpha value is -3.47. The molecule has 0 spiro atoms. The van der Waals surface area contributed by atoms with E-state index in [2.05, 4.69) is 4.98 Å². The molecule has 0 N–H and O–H groups in total. The number of aromatic nitrogens is 2. The smallest absolute Gasteiger partial charge is 0.416 e. The van der Waals surface area contributed by atoms with Gasteiger partial charge in [-0.15, -0.1) is 0 Å². The molecule has 0 saturated carbocycles. The summed E-state index contributed by atoms with van der Waals surface area (Å²) < 4.78 is 64.2. The summed E-state index contributed by atoms with van der Waals surface area (Å²) in [7, 11) is 4.47. The molecular weight excluding hydrogens is 503 g/mol. The fourth-order valence-electron chi connectivity index (χ4n) is 5.45. The van der Waals surface area contributed by atoms with E-state index in [1.165, 1.54) is 27.4 Å². The number of rotatable bonds is 6.